The van der Waals surface area contributed by atoms with Crippen molar-refractivity contribution in [2.45, 2.75) is 43.9 Å². The van der Waals surface area contributed by atoms with Crippen molar-refractivity contribution in [3.8, 4) is 11.5 Å². The van der Waals surface area contributed by atoms with Crippen LogP contribution in [0.3, 0.4) is 0 Å². The molecule has 3 aliphatic rings. The van der Waals surface area contributed by atoms with Gasteiger partial charge in [-0.15, -0.1) is 0 Å². The number of fused-ring (bicyclic) bond motifs is 4. The maximum Gasteiger partial charge on any atom is 0.167 e. The van der Waals surface area contributed by atoms with E-state index in [2.05, 4.69) is 9.88 Å². The van der Waals surface area contributed by atoms with Gasteiger partial charge in [-0.1, -0.05) is 12.1 Å². The number of piperidine rings is 1. The van der Waals surface area contributed by atoms with Crippen molar-refractivity contribution in [1.29, 1.82) is 0 Å². The molecule has 0 bridgehead atoms. The van der Waals surface area contributed by atoms with Gasteiger partial charge in [0.2, 0.25) is 0 Å². The van der Waals surface area contributed by atoms with E-state index in [1.807, 2.05) is 12.1 Å². The van der Waals surface area contributed by atoms with Gasteiger partial charge in [0.05, 0.1) is 11.8 Å². The number of ether oxygens (including phenoxy) is 2. The smallest absolute Gasteiger partial charge is 0.167 e. The van der Waals surface area contributed by atoms with Crippen LogP contribution in [0.2, 0.25) is 0 Å². The predicted molar refractivity (Wildman–Crippen MR) is 102 cm³/mol. The van der Waals surface area contributed by atoms with Crippen molar-refractivity contribution in [3.63, 3.8) is 0 Å². The summed E-state index contributed by atoms with van der Waals surface area (Å²) in [7, 11) is 0. The fourth-order valence-electron chi connectivity index (χ4n) is 5.09. The molecule has 2 aromatic rings. The second-order valence-corrected chi connectivity index (χ2v) is 8.11. The van der Waals surface area contributed by atoms with Gasteiger partial charge in [-0.05, 0) is 31.0 Å². The summed E-state index contributed by atoms with van der Waals surface area (Å²) in [6, 6.07) is 8.61. The summed E-state index contributed by atoms with van der Waals surface area (Å²) < 4.78 is 26.7. The second kappa shape index (κ2) is 7.01. The Morgan fingerprint density at radius 3 is 2.89 bits per heavy atom. The van der Waals surface area contributed by atoms with Crippen molar-refractivity contribution in [3.05, 3.63) is 53.6 Å². The number of pyridine rings is 1. The highest BCUT2D eigenvalue weighted by atomic mass is 19.1. The number of aromatic nitrogens is 1. The van der Waals surface area contributed by atoms with Crippen LogP contribution in [-0.4, -0.2) is 40.3 Å². The number of hydrogen-bond donors (Lipinski definition) is 1. The molecule has 3 aliphatic heterocycles. The molecule has 2 atom stereocenters. The number of para-hydroxylation sites is 1. The van der Waals surface area contributed by atoms with Crippen LogP contribution in [0.4, 0.5) is 4.39 Å². The summed E-state index contributed by atoms with van der Waals surface area (Å²) >= 11 is 0. The standard InChI is InChI=1S/C22H25FN2O3/c23-17-6-2-10-24-18(17)14-25-11-8-22(9-12-25)16-5-3-13-27-20(16)15-4-1-7-19(26)21(15)28-22/h1-2,4,6-7,10,16,20,26H,3,5,8-9,11-14H2/t16-,20+/m0/s1. The minimum Gasteiger partial charge on any atom is -0.504 e. The van der Waals surface area contributed by atoms with Gasteiger partial charge in [0.1, 0.15) is 11.4 Å². The van der Waals surface area contributed by atoms with Crippen molar-refractivity contribution in [1.82, 2.24) is 9.88 Å². The number of phenolic OH excluding ortho intramolecular Hbond substituents is 1. The quantitative estimate of drug-likeness (QED) is 0.853. The Morgan fingerprint density at radius 2 is 2.07 bits per heavy atom. The lowest BCUT2D eigenvalue weighted by molar-refractivity contribution is -0.150. The minimum atomic E-state index is -0.337. The van der Waals surface area contributed by atoms with Gasteiger partial charge >= 0.3 is 0 Å². The number of rotatable bonds is 2. The number of nitrogens with zero attached hydrogens (tertiary/aromatic N) is 2. The number of benzene rings is 1. The summed E-state index contributed by atoms with van der Waals surface area (Å²) in [5, 5.41) is 10.4. The van der Waals surface area contributed by atoms with Gasteiger partial charge in [0.25, 0.3) is 0 Å². The van der Waals surface area contributed by atoms with Crippen LogP contribution >= 0.6 is 0 Å². The fourth-order valence-corrected chi connectivity index (χ4v) is 5.09. The Bertz CT molecular complexity index is 867. The van der Waals surface area contributed by atoms with E-state index in [0.29, 0.717) is 18.0 Å². The molecule has 1 aromatic heterocycles. The van der Waals surface area contributed by atoms with Crippen LogP contribution in [0, 0.1) is 11.7 Å². The summed E-state index contributed by atoms with van der Waals surface area (Å²) in [5.74, 6) is 0.790. The highest BCUT2D eigenvalue weighted by Gasteiger charge is 2.53. The van der Waals surface area contributed by atoms with Crippen LogP contribution in [0.15, 0.2) is 36.5 Å². The maximum absolute atomic E-state index is 14.0. The van der Waals surface area contributed by atoms with Crippen LogP contribution < -0.4 is 4.74 Å². The summed E-state index contributed by atoms with van der Waals surface area (Å²) in [4.78, 5) is 6.42. The first-order valence-electron chi connectivity index (χ1n) is 10.1. The Kier molecular flexibility index (Phi) is 4.48. The van der Waals surface area contributed by atoms with Gasteiger partial charge in [-0.25, -0.2) is 4.39 Å². The molecule has 1 spiro atoms. The van der Waals surface area contributed by atoms with Crippen LogP contribution in [-0.2, 0) is 11.3 Å². The highest BCUT2D eigenvalue weighted by Crippen LogP contribution is 2.55. The van der Waals surface area contributed by atoms with E-state index in [-0.39, 0.29) is 29.2 Å². The molecule has 6 heteroatoms. The van der Waals surface area contributed by atoms with Crippen LogP contribution in [0.25, 0.3) is 0 Å². The maximum atomic E-state index is 14.0. The van der Waals surface area contributed by atoms with Gasteiger partial charge < -0.3 is 14.6 Å². The lowest BCUT2D eigenvalue weighted by Gasteiger charge is -2.53. The molecular formula is C22H25FN2O3. The molecule has 2 saturated heterocycles. The first-order valence-corrected chi connectivity index (χ1v) is 10.1. The minimum absolute atomic E-state index is 0.0237. The summed E-state index contributed by atoms with van der Waals surface area (Å²) in [6.45, 7) is 2.87. The van der Waals surface area contributed by atoms with Gasteiger partial charge in [-0.2, -0.15) is 0 Å². The molecular weight excluding hydrogens is 359 g/mol. The topological polar surface area (TPSA) is 54.8 Å². The van der Waals surface area contributed by atoms with Gasteiger partial charge in [0, 0.05) is 56.8 Å². The second-order valence-electron chi connectivity index (χ2n) is 8.11. The normalized spacial score (nSPS) is 26.3. The average Bonchev–Trinajstić information content (AvgIpc) is 2.73. The molecule has 2 fully saturated rings. The third kappa shape index (κ3) is 2.95. The van der Waals surface area contributed by atoms with Crippen molar-refractivity contribution >= 4 is 0 Å². The van der Waals surface area contributed by atoms with Crippen LogP contribution in [0.5, 0.6) is 11.5 Å². The molecule has 1 aromatic carbocycles. The third-order valence-corrected chi connectivity index (χ3v) is 6.55. The SMILES string of the molecule is Oc1cccc2c1OC1(CCN(Cc3ncccc3F)CC1)[C@H]1CCCO[C@H]21. The molecule has 0 saturated carbocycles. The largest absolute Gasteiger partial charge is 0.504 e. The summed E-state index contributed by atoms with van der Waals surface area (Å²) in [6.07, 6.45) is 5.37. The number of aromatic hydroxyl groups is 1. The third-order valence-electron chi connectivity index (χ3n) is 6.55. The molecule has 1 N–H and O–H groups in total. The lowest BCUT2D eigenvalue weighted by atomic mass is 9.70. The molecule has 28 heavy (non-hydrogen) atoms. The zero-order valence-corrected chi connectivity index (χ0v) is 15.8. The molecule has 5 nitrogen and oxygen atoms in total. The number of halogens is 1. The van der Waals surface area contributed by atoms with E-state index in [1.165, 1.54) is 6.07 Å². The number of phenols is 1. The molecule has 148 valence electrons. The highest BCUT2D eigenvalue weighted by molar-refractivity contribution is 5.49. The van der Waals surface area contributed by atoms with Gasteiger partial charge in [-0.3, -0.25) is 9.88 Å². The molecule has 5 rings (SSSR count). The van der Waals surface area contributed by atoms with Gasteiger partial charge in [0.15, 0.2) is 11.5 Å². The Balaban J connectivity index is 1.38. The molecule has 0 radical (unpaired) electrons. The molecule has 4 heterocycles. The number of hydrogen-bond acceptors (Lipinski definition) is 5. The lowest BCUT2D eigenvalue weighted by Crippen LogP contribution is -2.57. The fraction of sp³-hybridized carbons (Fsp3) is 0.500. The van der Waals surface area contributed by atoms with Crippen LogP contribution in [0.1, 0.15) is 43.0 Å². The van der Waals surface area contributed by atoms with E-state index < -0.39 is 0 Å². The Hall–Kier alpha value is -2.18. The molecule has 0 aliphatic carbocycles. The van der Waals surface area contributed by atoms with E-state index in [0.717, 1.165) is 50.9 Å². The van der Waals surface area contributed by atoms with E-state index in [4.69, 9.17) is 9.47 Å². The monoisotopic (exact) mass is 384 g/mol. The zero-order valence-electron chi connectivity index (χ0n) is 15.8. The van der Waals surface area contributed by atoms with Crippen molar-refractivity contribution < 1.29 is 19.0 Å². The molecule has 0 amide bonds. The van der Waals surface area contributed by atoms with E-state index >= 15 is 0 Å². The Morgan fingerprint density at radius 1 is 1.21 bits per heavy atom. The number of likely N-dealkylation sites (tertiary alicyclic amines) is 1. The first kappa shape index (κ1) is 17.9. The average molecular weight is 384 g/mol. The van der Waals surface area contributed by atoms with E-state index in [1.54, 1.807) is 18.3 Å². The van der Waals surface area contributed by atoms with Crippen molar-refractivity contribution in [2.75, 3.05) is 19.7 Å². The zero-order chi connectivity index (χ0) is 19.1. The summed E-state index contributed by atoms with van der Waals surface area (Å²) in [5.41, 5.74) is 1.12. The first-order chi connectivity index (χ1) is 13.7. The van der Waals surface area contributed by atoms with E-state index in [9.17, 15) is 9.50 Å². The predicted octanol–water partition coefficient (Wildman–Crippen LogP) is 3.82. The Labute approximate surface area is 164 Å². The van der Waals surface area contributed by atoms with Crippen molar-refractivity contribution in [2.24, 2.45) is 5.92 Å². The molecule has 0 unspecified atom stereocenters.